The van der Waals surface area contributed by atoms with E-state index in [2.05, 4.69) is 5.32 Å². The van der Waals surface area contributed by atoms with E-state index in [0.717, 1.165) is 22.4 Å². The van der Waals surface area contributed by atoms with Gasteiger partial charge in [-0.05, 0) is 82.5 Å². The van der Waals surface area contributed by atoms with Gasteiger partial charge in [0.1, 0.15) is 5.82 Å². The summed E-state index contributed by atoms with van der Waals surface area (Å²) in [5.74, 6) is 0.516. The molecule has 3 aromatic carbocycles. The second kappa shape index (κ2) is 9.97. The van der Waals surface area contributed by atoms with E-state index >= 15 is 0 Å². The zero-order chi connectivity index (χ0) is 26.0. The van der Waals surface area contributed by atoms with Crippen molar-refractivity contribution in [3.05, 3.63) is 106 Å². The van der Waals surface area contributed by atoms with E-state index in [1.54, 1.807) is 15.5 Å². The summed E-state index contributed by atoms with van der Waals surface area (Å²) in [6.45, 7) is 12.2. The summed E-state index contributed by atoms with van der Waals surface area (Å²) in [6.07, 6.45) is 0. The molecule has 0 aliphatic rings. The van der Waals surface area contributed by atoms with E-state index in [0.29, 0.717) is 23.3 Å². The Kier molecular flexibility index (Phi) is 6.97. The Labute approximate surface area is 212 Å². The quantitative estimate of drug-likeness (QED) is 0.375. The lowest BCUT2D eigenvalue weighted by Gasteiger charge is -2.33. The number of hydrogen-bond acceptors (Lipinski definition) is 3. The Balaban J connectivity index is 1.92. The van der Waals surface area contributed by atoms with Crippen molar-refractivity contribution in [2.24, 2.45) is 0 Å². The molecule has 0 aliphatic carbocycles. The van der Waals surface area contributed by atoms with Gasteiger partial charge in [0.25, 0.3) is 5.56 Å². The summed E-state index contributed by atoms with van der Waals surface area (Å²) in [5.41, 5.74) is 3.99. The molecule has 1 unspecified atom stereocenters. The summed E-state index contributed by atoms with van der Waals surface area (Å²) in [5, 5.41) is 3.63. The topological polar surface area (TPSA) is 67.2 Å². The van der Waals surface area contributed by atoms with Gasteiger partial charge in [-0.2, -0.15) is 0 Å². The van der Waals surface area contributed by atoms with Crippen molar-refractivity contribution >= 4 is 16.9 Å². The maximum absolute atomic E-state index is 13.8. The Morgan fingerprint density at radius 1 is 0.972 bits per heavy atom. The number of aromatic nitrogens is 2. The SMILES string of the molecule is Cc1ccc(-n2c(C(C)N(Cc3ccccc3)C(=O)NC(C)(C)C)nc3ccccc3c2=O)cc1C. The average molecular weight is 483 g/mol. The van der Waals surface area contributed by atoms with Crippen LogP contribution in [0.5, 0.6) is 0 Å². The fraction of sp³-hybridized carbons (Fsp3) is 0.300. The minimum absolute atomic E-state index is 0.151. The number of hydrogen-bond donors (Lipinski definition) is 1. The van der Waals surface area contributed by atoms with Gasteiger partial charge in [-0.25, -0.2) is 9.78 Å². The molecular weight excluding hydrogens is 448 g/mol. The Morgan fingerprint density at radius 2 is 1.64 bits per heavy atom. The Morgan fingerprint density at radius 3 is 2.31 bits per heavy atom. The minimum Gasteiger partial charge on any atom is -0.333 e. The van der Waals surface area contributed by atoms with Gasteiger partial charge in [0.15, 0.2) is 0 Å². The first kappa shape index (κ1) is 25.2. The van der Waals surface area contributed by atoms with Crippen molar-refractivity contribution in [3.63, 3.8) is 0 Å². The molecule has 1 atom stereocenters. The highest BCUT2D eigenvalue weighted by Crippen LogP contribution is 2.26. The van der Waals surface area contributed by atoms with Gasteiger partial charge in [-0.15, -0.1) is 0 Å². The summed E-state index contributed by atoms with van der Waals surface area (Å²) < 4.78 is 1.65. The Bertz CT molecular complexity index is 1450. The number of para-hydroxylation sites is 1. The summed E-state index contributed by atoms with van der Waals surface area (Å²) in [4.78, 5) is 34.1. The van der Waals surface area contributed by atoms with Crippen LogP contribution in [0.2, 0.25) is 0 Å². The third-order valence-electron chi connectivity index (χ3n) is 6.33. The molecule has 6 nitrogen and oxygen atoms in total. The normalized spacial score (nSPS) is 12.4. The zero-order valence-electron chi connectivity index (χ0n) is 21.9. The maximum atomic E-state index is 13.8. The molecule has 0 saturated heterocycles. The van der Waals surface area contributed by atoms with Gasteiger partial charge in [0.05, 0.1) is 22.6 Å². The van der Waals surface area contributed by atoms with Crippen LogP contribution >= 0.6 is 0 Å². The summed E-state index contributed by atoms with van der Waals surface area (Å²) in [7, 11) is 0. The van der Waals surface area contributed by atoms with Crippen molar-refractivity contribution < 1.29 is 4.79 Å². The predicted molar refractivity (Wildman–Crippen MR) is 145 cm³/mol. The van der Waals surface area contributed by atoms with Gasteiger partial charge < -0.3 is 10.2 Å². The number of urea groups is 1. The zero-order valence-corrected chi connectivity index (χ0v) is 21.9. The fourth-order valence-corrected chi connectivity index (χ4v) is 4.24. The number of amides is 2. The highest BCUT2D eigenvalue weighted by atomic mass is 16.2. The van der Waals surface area contributed by atoms with E-state index in [1.807, 2.05) is 108 Å². The van der Waals surface area contributed by atoms with E-state index in [1.165, 1.54) is 0 Å². The predicted octanol–water partition coefficient (Wildman–Crippen LogP) is 6.07. The summed E-state index contributed by atoms with van der Waals surface area (Å²) in [6, 6.07) is 22.5. The third kappa shape index (κ3) is 5.33. The molecule has 36 heavy (non-hydrogen) atoms. The van der Waals surface area contributed by atoms with Crippen LogP contribution in [-0.4, -0.2) is 26.0 Å². The first-order valence-corrected chi connectivity index (χ1v) is 12.3. The van der Waals surface area contributed by atoms with Gasteiger partial charge in [-0.3, -0.25) is 9.36 Å². The second-order valence-corrected chi connectivity index (χ2v) is 10.4. The number of nitrogens with one attached hydrogen (secondary N) is 1. The van der Waals surface area contributed by atoms with Crippen LogP contribution in [0.25, 0.3) is 16.6 Å². The molecule has 6 heteroatoms. The largest absolute Gasteiger partial charge is 0.333 e. The van der Waals surface area contributed by atoms with Crippen LogP contribution < -0.4 is 10.9 Å². The van der Waals surface area contributed by atoms with Crippen molar-refractivity contribution in [1.29, 1.82) is 0 Å². The lowest BCUT2D eigenvalue weighted by molar-refractivity contribution is 0.163. The van der Waals surface area contributed by atoms with Crippen LogP contribution in [-0.2, 0) is 6.54 Å². The molecule has 1 aromatic heterocycles. The molecule has 4 aromatic rings. The second-order valence-electron chi connectivity index (χ2n) is 10.4. The average Bonchev–Trinajstić information content (AvgIpc) is 2.83. The number of nitrogens with zero attached hydrogens (tertiary/aromatic N) is 3. The number of carbonyl (C=O) groups excluding carboxylic acids is 1. The first-order valence-electron chi connectivity index (χ1n) is 12.3. The number of rotatable bonds is 5. The smallest absolute Gasteiger partial charge is 0.318 e. The summed E-state index contributed by atoms with van der Waals surface area (Å²) >= 11 is 0. The Hall–Kier alpha value is -3.93. The third-order valence-corrected chi connectivity index (χ3v) is 6.33. The van der Waals surface area contributed by atoms with E-state index in [9.17, 15) is 9.59 Å². The first-order chi connectivity index (χ1) is 17.0. The van der Waals surface area contributed by atoms with E-state index < -0.39 is 11.6 Å². The van der Waals surface area contributed by atoms with Gasteiger partial charge in [-0.1, -0.05) is 48.5 Å². The molecule has 4 rings (SSSR count). The molecule has 0 fully saturated rings. The van der Waals surface area contributed by atoms with Crippen LogP contribution in [0.15, 0.2) is 77.6 Å². The monoisotopic (exact) mass is 482 g/mol. The van der Waals surface area contributed by atoms with Crippen molar-refractivity contribution in [2.45, 2.75) is 59.7 Å². The van der Waals surface area contributed by atoms with Crippen LogP contribution in [0.4, 0.5) is 4.79 Å². The van der Waals surface area contributed by atoms with Gasteiger partial charge in [0.2, 0.25) is 0 Å². The molecule has 0 bridgehead atoms. The number of carbonyl (C=O) groups is 1. The van der Waals surface area contributed by atoms with E-state index in [-0.39, 0.29) is 11.6 Å². The van der Waals surface area contributed by atoms with Crippen molar-refractivity contribution in [1.82, 2.24) is 19.8 Å². The minimum atomic E-state index is -0.494. The fourth-order valence-electron chi connectivity index (χ4n) is 4.24. The van der Waals surface area contributed by atoms with Gasteiger partial charge >= 0.3 is 6.03 Å². The maximum Gasteiger partial charge on any atom is 0.318 e. The number of aryl methyl sites for hydroxylation is 2. The van der Waals surface area contributed by atoms with Crippen molar-refractivity contribution in [3.8, 4) is 5.69 Å². The highest BCUT2D eigenvalue weighted by molar-refractivity contribution is 5.78. The molecule has 0 aliphatic heterocycles. The molecule has 1 N–H and O–H groups in total. The van der Waals surface area contributed by atoms with Crippen LogP contribution in [0, 0.1) is 13.8 Å². The lowest BCUT2D eigenvalue weighted by atomic mass is 10.1. The molecule has 1 heterocycles. The van der Waals surface area contributed by atoms with E-state index in [4.69, 9.17) is 4.98 Å². The molecule has 186 valence electrons. The standard InChI is InChI=1S/C30H34N4O2/c1-20-16-17-24(18-21(20)2)34-27(31-26-15-11-10-14-25(26)28(34)35)22(3)33(29(36)32-30(4,5)6)19-23-12-8-7-9-13-23/h7-18,22H,19H2,1-6H3,(H,32,36). The van der Waals surface area contributed by atoms with Crippen LogP contribution in [0.3, 0.4) is 0 Å². The molecule has 0 saturated carbocycles. The number of fused-ring (bicyclic) bond motifs is 1. The van der Waals surface area contributed by atoms with Crippen LogP contribution in [0.1, 0.15) is 56.3 Å². The van der Waals surface area contributed by atoms with Gasteiger partial charge in [0, 0.05) is 12.1 Å². The molecule has 0 radical (unpaired) electrons. The molecule has 2 amide bonds. The number of benzene rings is 3. The molecular formula is C30H34N4O2. The highest BCUT2D eigenvalue weighted by Gasteiger charge is 2.29. The molecule has 0 spiro atoms. The van der Waals surface area contributed by atoms with Crippen molar-refractivity contribution in [2.75, 3.05) is 0 Å². The lowest BCUT2D eigenvalue weighted by Crippen LogP contribution is -2.49.